The average molecular weight is 402 g/mol. The van der Waals surface area contributed by atoms with Gasteiger partial charge in [-0.15, -0.1) is 0 Å². The first-order valence-corrected chi connectivity index (χ1v) is 11.3. The highest BCUT2D eigenvalue weighted by molar-refractivity contribution is 5.50. The fourth-order valence-electron chi connectivity index (χ4n) is 5.77. The van der Waals surface area contributed by atoms with Gasteiger partial charge in [-0.3, -0.25) is 0 Å². The molecule has 4 aliphatic rings. The Morgan fingerprint density at radius 2 is 1.33 bits per heavy atom. The minimum atomic E-state index is 0.544. The molecule has 0 saturated carbocycles. The van der Waals surface area contributed by atoms with Gasteiger partial charge in [0.25, 0.3) is 0 Å². The van der Waals surface area contributed by atoms with Crippen LogP contribution in [0.4, 0.5) is 11.4 Å². The van der Waals surface area contributed by atoms with E-state index in [2.05, 4.69) is 75.9 Å². The van der Waals surface area contributed by atoms with Crippen LogP contribution in [0.25, 0.3) is 0 Å². The van der Waals surface area contributed by atoms with E-state index in [0.717, 1.165) is 31.6 Å². The van der Waals surface area contributed by atoms with Crippen molar-refractivity contribution in [3.05, 3.63) is 60.7 Å². The van der Waals surface area contributed by atoms with E-state index in [1.807, 2.05) is 11.0 Å². The number of hydrogen-bond acceptors (Lipinski definition) is 5. The lowest BCUT2D eigenvalue weighted by atomic mass is 10.1. The van der Waals surface area contributed by atoms with Crippen LogP contribution in [0, 0.1) is 23.3 Å². The third kappa shape index (κ3) is 3.73. The Balaban J connectivity index is 0.000000130. The summed E-state index contributed by atoms with van der Waals surface area (Å²) >= 11 is 0. The van der Waals surface area contributed by atoms with Gasteiger partial charge in [-0.05, 0) is 43.0 Å². The van der Waals surface area contributed by atoms with Crippen molar-refractivity contribution < 1.29 is 0 Å². The summed E-state index contributed by atoms with van der Waals surface area (Å²) in [6.45, 7) is 6.60. The summed E-state index contributed by atoms with van der Waals surface area (Å²) in [6, 6.07) is 22.6. The number of nitrogens with zero attached hydrogens (tertiary/aromatic N) is 4. The van der Waals surface area contributed by atoms with Gasteiger partial charge in [-0.2, -0.15) is 5.26 Å². The molecular formula is C25H31N5. The highest BCUT2D eigenvalue weighted by atomic mass is 15.3. The molecule has 0 aliphatic carbocycles. The fourth-order valence-corrected chi connectivity index (χ4v) is 5.77. The molecule has 4 saturated heterocycles. The van der Waals surface area contributed by atoms with Crippen LogP contribution < -0.4 is 15.1 Å². The van der Waals surface area contributed by atoms with Crippen LogP contribution in [-0.2, 0) is 0 Å². The van der Waals surface area contributed by atoms with Gasteiger partial charge in [0.05, 0.1) is 6.04 Å². The first-order chi connectivity index (χ1) is 14.8. The molecular weight excluding hydrogens is 370 g/mol. The summed E-state index contributed by atoms with van der Waals surface area (Å²) < 4.78 is 0. The highest BCUT2D eigenvalue weighted by Crippen LogP contribution is 2.34. The van der Waals surface area contributed by atoms with Gasteiger partial charge in [-0.25, -0.2) is 0 Å². The zero-order chi connectivity index (χ0) is 20.3. The molecule has 4 atom stereocenters. The van der Waals surface area contributed by atoms with Gasteiger partial charge in [-0.1, -0.05) is 36.4 Å². The van der Waals surface area contributed by atoms with Crippen molar-refractivity contribution in [2.75, 3.05) is 49.1 Å². The SMILES string of the molecule is N#CN1CC2CCN(c3ccccc3)C2C1.c1ccc(N2CCC3CNCC32)cc1. The third-order valence-corrected chi connectivity index (χ3v) is 7.31. The Labute approximate surface area is 179 Å². The Morgan fingerprint density at radius 1 is 0.733 bits per heavy atom. The van der Waals surface area contributed by atoms with E-state index < -0.39 is 0 Å². The van der Waals surface area contributed by atoms with Crippen molar-refractivity contribution in [3.8, 4) is 6.19 Å². The van der Waals surface area contributed by atoms with Crippen molar-refractivity contribution in [2.24, 2.45) is 11.8 Å². The predicted molar refractivity (Wildman–Crippen MR) is 121 cm³/mol. The number of rotatable bonds is 2. The zero-order valence-electron chi connectivity index (χ0n) is 17.5. The molecule has 0 bridgehead atoms. The Kier molecular flexibility index (Phi) is 5.50. The Morgan fingerprint density at radius 3 is 1.97 bits per heavy atom. The number of anilines is 2. The number of benzene rings is 2. The van der Waals surface area contributed by atoms with E-state index in [0.29, 0.717) is 12.0 Å². The summed E-state index contributed by atoms with van der Waals surface area (Å²) in [6.07, 6.45) is 4.84. The summed E-state index contributed by atoms with van der Waals surface area (Å²) in [7, 11) is 0. The normalized spacial score (nSPS) is 29.2. The third-order valence-electron chi connectivity index (χ3n) is 7.31. The van der Waals surface area contributed by atoms with Gasteiger partial charge in [0.1, 0.15) is 0 Å². The number of likely N-dealkylation sites (tertiary alicyclic amines) is 1. The van der Waals surface area contributed by atoms with E-state index in [4.69, 9.17) is 5.26 Å². The standard InChI is InChI=1S/C13H15N3.C12H16N2/c14-10-15-8-11-6-7-16(13(11)9-15)12-4-2-1-3-5-12;1-2-4-11(5-3-1)14-7-6-10-8-13-9-12(10)14/h1-5,11,13H,6-9H2;1-5,10,12-13H,6-9H2. The van der Waals surface area contributed by atoms with Gasteiger partial charge in [0.15, 0.2) is 6.19 Å². The lowest BCUT2D eigenvalue weighted by Crippen LogP contribution is -2.34. The largest absolute Gasteiger partial charge is 0.367 e. The molecule has 156 valence electrons. The molecule has 4 fully saturated rings. The van der Waals surface area contributed by atoms with Crippen molar-refractivity contribution >= 4 is 11.4 Å². The van der Waals surface area contributed by atoms with E-state index in [1.165, 1.54) is 43.9 Å². The average Bonchev–Trinajstić information content (AvgIpc) is 3.56. The van der Waals surface area contributed by atoms with Crippen molar-refractivity contribution in [3.63, 3.8) is 0 Å². The molecule has 0 amide bonds. The summed E-state index contributed by atoms with van der Waals surface area (Å²) in [5, 5.41) is 12.4. The number of nitriles is 1. The number of nitrogens with one attached hydrogen (secondary N) is 1. The Bertz CT molecular complexity index is 864. The minimum Gasteiger partial charge on any atom is -0.367 e. The molecule has 5 nitrogen and oxygen atoms in total. The lowest BCUT2D eigenvalue weighted by Gasteiger charge is -2.25. The molecule has 1 N–H and O–H groups in total. The van der Waals surface area contributed by atoms with E-state index in [9.17, 15) is 0 Å². The molecule has 0 radical (unpaired) electrons. The lowest BCUT2D eigenvalue weighted by molar-refractivity contribution is 0.446. The van der Waals surface area contributed by atoms with Crippen LogP contribution >= 0.6 is 0 Å². The van der Waals surface area contributed by atoms with Crippen LogP contribution in [0.5, 0.6) is 0 Å². The van der Waals surface area contributed by atoms with Crippen LogP contribution in [0.2, 0.25) is 0 Å². The van der Waals surface area contributed by atoms with Crippen LogP contribution in [-0.4, -0.2) is 56.3 Å². The maximum Gasteiger partial charge on any atom is 0.179 e. The second-order valence-corrected chi connectivity index (χ2v) is 8.95. The van der Waals surface area contributed by atoms with Gasteiger partial charge < -0.3 is 20.0 Å². The second-order valence-electron chi connectivity index (χ2n) is 8.95. The second kappa shape index (κ2) is 8.57. The molecule has 6 rings (SSSR count). The molecule has 5 heteroatoms. The highest BCUT2D eigenvalue weighted by Gasteiger charge is 2.41. The molecule has 4 heterocycles. The van der Waals surface area contributed by atoms with Crippen LogP contribution in [0.15, 0.2) is 60.7 Å². The summed E-state index contributed by atoms with van der Waals surface area (Å²) in [4.78, 5) is 6.91. The van der Waals surface area contributed by atoms with Crippen LogP contribution in [0.1, 0.15) is 12.8 Å². The first-order valence-electron chi connectivity index (χ1n) is 11.3. The fraction of sp³-hybridized carbons (Fsp3) is 0.480. The Hall–Kier alpha value is -2.71. The van der Waals surface area contributed by atoms with Crippen molar-refractivity contribution in [1.82, 2.24) is 10.2 Å². The molecule has 0 spiro atoms. The van der Waals surface area contributed by atoms with E-state index in [-0.39, 0.29) is 0 Å². The van der Waals surface area contributed by atoms with Crippen molar-refractivity contribution in [1.29, 1.82) is 5.26 Å². The van der Waals surface area contributed by atoms with Crippen LogP contribution in [0.3, 0.4) is 0 Å². The first kappa shape index (κ1) is 19.3. The topological polar surface area (TPSA) is 45.5 Å². The maximum absolute atomic E-state index is 8.94. The van der Waals surface area contributed by atoms with Crippen molar-refractivity contribution in [2.45, 2.75) is 24.9 Å². The smallest absolute Gasteiger partial charge is 0.179 e. The monoisotopic (exact) mass is 401 g/mol. The summed E-state index contributed by atoms with van der Waals surface area (Å²) in [5.41, 5.74) is 2.69. The van der Waals surface area contributed by atoms with E-state index in [1.54, 1.807) is 0 Å². The quantitative estimate of drug-likeness (QED) is 0.784. The zero-order valence-corrected chi connectivity index (χ0v) is 17.5. The predicted octanol–water partition coefficient (Wildman–Crippen LogP) is 3.16. The summed E-state index contributed by atoms with van der Waals surface area (Å²) in [5.74, 6) is 1.56. The number of hydrogen-bond donors (Lipinski definition) is 1. The molecule has 30 heavy (non-hydrogen) atoms. The molecule has 2 aromatic rings. The number of fused-ring (bicyclic) bond motifs is 2. The maximum atomic E-state index is 8.94. The van der Waals surface area contributed by atoms with Gasteiger partial charge >= 0.3 is 0 Å². The number of para-hydroxylation sites is 2. The van der Waals surface area contributed by atoms with Gasteiger partial charge in [0, 0.05) is 62.6 Å². The molecule has 4 aliphatic heterocycles. The minimum absolute atomic E-state index is 0.544. The molecule has 4 unspecified atom stereocenters. The van der Waals surface area contributed by atoms with Gasteiger partial charge in [0.2, 0.25) is 0 Å². The molecule has 0 aromatic heterocycles. The van der Waals surface area contributed by atoms with E-state index >= 15 is 0 Å². The molecule has 2 aromatic carbocycles.